The van der Waals surface area contributed by atoms with E-state index in [9.17, 15) is 10.1 Å². The van der Waals surface area contributed by atoms with Gasteiger partial charge in [-0.2, -0.15) is 0 Å². The normalized spacial score (nSPS) is 14.6. The molecule has 1 aromatic rings. The maximum Gasteiger partial charge on any atom is 0.310 e. The van der Waals surface area contributed by atoms with Crippen molar-refractivity contribution in [3.05, 3.63) is 33.3 Å². The van der Waals surface area contributed by atoms with Crippen molar-refractivity contribution in [3.8, 4) is 0 Å². The zero-order valence-corrected chi connectivity index (χ0v) is 10.9. The molecule has 0 aromatic heterocycles. The van der Waals surface area contributed by atoms with Gasteiger partial charge in [0.05, 0.1) is 11.5 Å². The molecule has 1 fully saturated rings. The van der Waals surface area contributed by atoms with Crippen molar-refractivity contribution in [1.29, 1.82) is 0 Å². The molecule has 6 heteroatoms. The van der Waals surface area contributed by atoms with Crippen LogP contribution in [0.15, 0.2) is 18.2 Å². The van der Waals surface area contributed by atoms with Gasteiger partial charge in [0.2, 0.25) is 0 Å². The fourth-order valence-electron chi connectivity index (χ4n) is 1.99. The van der Waals surface area contributed by atoms with Crippen LogP contribution in [0.1, 0.15) is 12.8 Å². The number of benzene rings is 1. The Hall–Kier alpha value is -1.33. The van der Waals surface area contributed by atoms with Crippen molar-refractivity contribution in [1.82, 2.24) is 0 Å². The van der Waals surface area contributed by atoms with E-state index in [1.807, 2.05) is 4.90 Å². The number of nitrogens with zero attached hydrogens (tertiary/aromatic N) is 2. The predicted molar refractivity (Wildman–Crippen MR) is 70.4 cm³/mol. The topological polar surface area (TPSA) is 55.6 Å². The molecule has 0 saturated heterocycles. The molecule has 18 heavy (non-hydrogen) atoms. The Morgan fingerprint density at radius 3 is 2.83 bits per heavy atom. The van der Waals surface area contributed by atoms with Gasteiger partial charge in [0.25, 0.3) is 0 Å². The summed E-state index contributed by atoms with van der Waals surface area (Å²) in [6, 6.07) is 5.41. The van der Waals surface area contributed by atoms with Crippen LogP contribution in [0.4, 0.5) is 11.4 Å². The van der Waals surface area contributed by atoms with Crippen molar-refractivity contribution in [2.24, 2.45) is 0 Å². The van der Waals surface area contributed by atoms with Crippen molar-refractivity contribution in [2.75, 3.05) is 25.2 Å². The van der Waals surface area contributed by atoms with Gasteiger partial charge in [0.1, 0.15) is 10.7 Å². The van der Waals surface area contributed by atoms with Gasteiger partial charge in [-0.15, -0.1) is 0 Å². The molecule has 0 N–H and O–H groups in total. The number of hydrogen-bond donors (Lipinski definition) is 0. The average Bonchev–Trinajstić information content (AvgIpc) is 3.13. The highest BCUT2D eigenvalue weighted by atomic mass is 35.5. The average molecular weight is 271 g/mol. The number of nitro groups is 1. The summed E-state index contributed by atoms with van der Waals surface area (Å²) in [5, 5.41) is 11.3. The molecule has 2 rings (SSSR count). The Morgan fingerprint density at radius 1 is 1.56 bits per heavy atom. The summed E-state index contributed by atoms with van der Waals surface area (Å²) in [5.74, 6) is 0. The Labute approximate surface area is 110 Å². The number of para-hydroxylation sites is 1. The van der Waals surface area contributed by atoms with Crippen LogP contribution in [0.5, 0.6) is 0 Å². The molecule has 0 radical (unpaired) electrons. The van der Waals surface area contributed by atoms with Crippen LogP contribution in [0.25, 0.3) is 0 Å². The van der Waals surface area contributed by atoms with Gasteiger partial charge >= 0.3 is 5.69 Å². The minimum atomic E-state index is -0.417. The van der Waals surface area contributed by atoms with Crippen molar-refractivity contribution in [3.63, 3.8) is 0 Å². The number of rotatable bonds is 6. The minimum Gasteiger partial charge on any atom is -0.383 e. The molecule has 0 unspecified atom stereocenters. The lowest BCUT2D eigenvalue weighted by Crippen LogP contribution is -2.30. The molecule has 1 saturated carbocycles. The van der Waals surface area contributed by atoms with E-state index in [1.54, 1.807) is 25.3 Å². The third-order valence-corrected chi connectivity index (χ3v) is 3.29. The lowest BCUT2D eigenvalue weighted by atomic mass is 10.2. The predicted octanol–water partition coefficient (Wildman–Crippen LogP) is 2.86. The number of halogens is 1. The maximum atomic E-state index is 11.1. The van der Waals surface area contributed by atoms with Crippen LogP contribution in [0, 0.1) is 10.1 Å². The molecule has 0 heterocycles. The van der Waals surface area contributed by atoms with Crippen molar-refractivity contribution >= 4 is 23.0 Å². The Kier molecular flexibility index (Phi) is 4.04. The lowest BCUT2D eigenvalue weighted by molar-refractivity contribution is -0.384. The molecule has 0 atom stereocenters. The van der Waals surface area contributed by atoms with Crippen LogP contribution < -0.4 is 4.90 Å². The second-order valence-electron chi connectivity index (χ2n) is 4.28. The second-order valence-corrected chi connectivity index (χ2v) is 4.69. The van der Waals surface area contributed by atoms with Gasteiger partial charge in [-0.3, -0.25) is 10.1 Å². The molecule has 0 spiro atoms. The van der Waals surface area contributed by atoms with Gasteiger partial charge in [0.15, 0.2) is 0 Å². The summed E-state index contributed by atoms with van der Waals surface area (Å²) in [4.78, 5) is 12.7. The third kappa shape index (κ3) is 2.73. The molecule has 5 nitrogen and oxygen atoms in total. The van der Waals surface area contributed by atoms with E-state index in [2.05, 4.69) is 0 Å². The van der Waals surface area contributed by atoms with Gasteiger partial charge in [0, 0.05) is 19.7 Å². The molecular weight excluding hydrogens is 256 g/mol. The summed E-state index contributed by atoms with van der Waals surface area (Å²) in [6.45, 7) is 1.18. The highest BCUT2D eigenvalue weighted by Gasteiger charge is 2.33. The molecule has 0 aliphatic heterocycles. The maximum absolute atomic E-state index is 11.1. The number of nitro benzene ring substituents is 1. The van der Waals surface area contributed by atoms with Gasteiger partial charge in [-0.1, -0.05) is 17.7 Å². The van der Waals surface area contributed by atoms with E-state index in [0.29, 0.717) is 24.9 Å². The second kappa shape index (κ2) is 5.54. The Morgan fingerprint density at radius 2 is 2.28 bits per heavy atom. The molecule has 1 aliphatic rings. The first-order valence-electron chi connectivity index (χ1n) is 5.83. The number of methoxy groups -OCH3 is 1. The van der Waals surface area contributed by atoms with Crippen LogP contribution in [0.2, 0.25) is 5.02 Å². The smallest absolute Gasteiger partial charge is 0.310 e. The van der Waals surface area contributed by atoms with Crippen LogP contribution in [-0.4, -0.2) is 31.2 Å². The van der Waals surface area contributed by atoms with E-state index < -0.39 is 4.92 Å². The summed E-state index contributed by atoms with van der Waals surface area (Å²) in [7, 11) is 1.62. The number of anilines is 1. The molecule has 0 amide bonds. The number of hydrogen-bond acceptors (Lipinski definition) is 4. The van der Waals surface area contributed by atoms with Crippen LogP contribution >= 0.6 is 11.6 Å². The van der Waals surface area contributed by atoms with Gasteiger partial charge < -0.3 is 9.64 Å². The lowest BCUT2D eigenvalue weighted by Gasteiger charge is -2.24. The zero-order chi connectivity index (χ0) is 13.1. The van der Waals surface area contributed by atoms with Gasteiger partial charge in [-0.25, -0.2) is 0 Å². The Bertz CT molecular complexity index is 449. The van der Waals surface area contributed by atoms with Crippen molar-refractivity contribution < 1.29 is 9.66 Å². The molecule has 0 bridgehead atoms. The largest absolute Gasteiger partial charge is 0.383 e. The summed E-state index contributed by atoms with van der Waals surface area (Å²) in [6.07, 6.45) is 2.13. The zero-order valence-electron chi connectivity index (χ0n) is 10.1. The van der Waals surface area contributed by atoms with E-state index in [0.717, 1.165) is 12.8 Å². The first-order chi connectivity index (χ1) is 8.65. The van der Waals surface area contributed by atoms with E-state index >= 15 is 0 Å². The fourth-order valence-corrected chi connectivity index (χ4v) is 2.23. The SMILES string of the molecule is COCCN(c1cccc(Cl)c1[N+](=O)[O-])C1CC1. The first-order valence-corrected chi connectivity index (χ1v) is 6.21. The highest BCUT2D eigenvalue weighted by molar-refractivity contribution is 6.33. The standard InChI is InChI=1S/C12H15ClN2O3/c1-18-8-7-14(9-5-6-9)11-4-2-3-10(13)12(11)15(16)17/h2-4,9H,5-8H2,1H3. The summed E-state index contributed by atoms with van der Waals surface area (Å²) in [5.41, 5.74) is 0.578. The van der Waals surface area contributed by atoms with Crippen LogP contribution in [-0.2, 0) is 4.74 Å². The van der Waals surface area contributed by atoms with E-state index in [-0.39, 0.29) is 10.7 Å². The molecule has 1 aliphatic carbocycles. The first kappa shape index (κ1) is 13.1. The van der Waals surface area contributed by atoms with Crippen molar-refractivity contribution in [2.45, 2.75) is 18.9 Å². The number of ether oxygens (including phenoxy) is 1. The minimum absolute atomic E-state index is 0.0119. The summed E-state index contributed by atoms with van der Waals surface area (Å²) < 4.78 is 5.06. The molecule has 98 valence electrons. The van der Waals surface area contributed by atoms with E-state index in [1.165, 1.54) is 0 Å². The molecular formula is C12H15ClN2O3. The quantitative estimate of drug-likeness (QED) is 0.589. The fraction of sp³-hybridized carbons (Fsp3) is 0.500. The monoisotopic (exact) mass is 270 g/mol. The van der Waals surface area contributed by atoms with Crippen LogP contribution in [0.3, 0.4) is 0 Å². The van der Waals surface area contributed by atoms with E-state index in [4.69, 9.17) is 16.3 Å². The third-order valence-electron chi connectivity index (χ3n) is 2.98. The highest BCUT2D eigenvalue weighted by Crippen LogP contribution is 2.40. The summed E-state index contributed by atoms with van der Waals surface area (Å²) >= 11 is 5.93. The van der Waals surface area contributed by atoms with Gasteiger partial charge in [-0.05, 0) is 25.0 Å². The molecule has 1 aromatic carbocycles. The Balaban J connectivity index is 2.34.